The average molecular weight is 235 g/mol. The second-order valence-corrected chi connectivity index (χ2v) is 3.63. The van der Waals surface area contributed by atoms with Gasteiger partial charge in [-0.1, -0.05) is 11.6 Å². The maximum Gasteiger partial charge on any atom is 0.213 e. The maximum atomic E-state index is 6.00. The number of nitrogens with zero attached hydrogens (tertiary/aromatic N) is 3. The van der Waals surface area contributed by atoms with E-state index in [9.17, 15) is 0 Å². The van der Waals surface area contributed by atoms with Gasteiger partial charge in [0, 0.05) is 12.3 Å². The molecule has 0 aromatic carbocycles. The number of rotatable bonds is 1. The summed E-state index contributed by atoms with van der Waals surface area (Å²) in [5, 5.41) is 7.99. The number of nitrogens with one attached hydrogen (secondary N) is 1. The van der Waals surface area contributed by atoms with Gasteiger partial charge in [-0.3, -0.25) is 5.10 Å². The number of aromatic amines is 1. The minimum Gasteiger partial charge on any atom is -0.481 e. The van der Waals surface area contributed by atoms with Crippen molar-refractivity contribution in [2.45, 2.75) is 0 Å². The first-order chi connectivity index (χ1) is 7.79. The van der Waals surface area contributed by atoms with Gasteiger partial charge in [0.25, 0.3) is 0 Å². The van der Waals surface area contributed by atoms with Crippen LogP contribution in [0, 0.1) is 0 Å². The standard InChI is InChI=1S/C10H7ClN4O/c1-16-7-3-2-6-8(14-7)5-4-12-15-9(5)10(11)13-6/h2-4H,1H3,(H,12,15). The molecule has 0 saturated carbocycles. The summed E-state index contributed by atoms with van der Waals surface area (Å²) in [5.41, 5.74) is 2.07. The van der Waals surface area contributed by atoms with E-state index in [2.05, 4.69) is 20.2 Å². The first-order valence-electron chi connectivity index (χ1n) is 4.63. The molecular weight excluding hydrogens is 228 g/mol. The van der Waals surface area contributed by atoms with Crippen LogP contribution >= 0.6 is 11.6 Å². The molecule has 0 aliphatic carbocycles. The van der Waals surface area contributed by atoms with E-state index in [0.717, 1.165) is 16.4 Å². The maximum absolute atomic E-state index is 6.00. The Morgan fingerprint density at radius 3 is 2.94 bits per heavy atom. The normalized spacial score (nSPS) is 11.1. The summed E-state index contributed by atoms with van der Waals surface area (Å²) < 4.78 is 5.08. The molecule has 16 heavy (non-hydrogen) atoms. The van der Waals surface area contributed by atoms with Gasteiger partial charge in [-0.05, 0) is 6.07 Å². The van der Waals surface area contributed by atoms with Crippen LogP contribution in [0.3, 0.4) is 0 Å². The monoisotopic (exact) mass is 234 g/mol. The highest BCUT2D eigenvalue weighted by Gasteiger charge is 2.10. The van der Waals surface area contributed by atoms with Gasteiger partial charge in [-0.25, -0.2) is 9.97 Å². The van der Waals surface area contributed by atoms with E-state index in [1.165, 1.54) is 0 Å². The molecule has 0 radical (unpaired) electrons. The van der Waals surface area contributed by atoms with Crippen LogP contribution in [-0.4, -0.2) is 27.3 Å². The molecule has 80 valence electrons. The second kappa shape index (κ2) is 3.31. The van der Waals surface area contributed by atoms with Crippen LogP contribution in [0.25, 0.3) is 21.9 Å². The molecule has 0 fully saturated rings. The van der Waals surface area contributed by atoms with E-state index in [4.69, 9.17) is 16.3 Å². The smallest absolute Gasteiger partial charge is 0.213 e. The van der Waals surface area contributed by atoms with Crippen molar-refractivity contribution in [1.29, 1.82) is 0 Å². The fourth-order valence-corrected chi connectivity index (χ4v) is 1.86. The van der Waals surface area contributed by atoms with Crippen LogP contribution in [-0.2, 0) is 0 Å². The lowest BCUT2D eigenvalue weighted by Crippen LogP contribution is -1.90. The molecule has 5 nitrogen and oxygen atoms in total. The van der Waals surface area contributed by atoms with Gasteiger partial charge >= 0.3 is 0 Å². The van der Waals surface area contributed by atoms with Crippen molar-refractivity contribution >= 4 is 33.5 Å². The molecule has 6 heteroatoms. The zero-order valence-corrected chi connectivity index (χ0v) is 9.12. The minimum absolute atomic E-state index is 0.371. The number of aromatic nitrogens is 4. The lowest BCUT2D eigenvalue weighted by atomic mass is 10.2. The van der Waals surface area contributed by atoms with Crippen molar-refractivity contribution in [3.05, 3.63) is 23.5 Å². The van der Waals surface area contributed by atoms with Crippen molar-refractivity contribution in [2.75, 3.05) is 7.11 Å². The van der Waals surface area contributed by atoms with Gasteiger partial charge in [-0.2, -0.15) is 5.10 Å². The summed E-state index contributed by atoms with van der Waals surface area (Å²) in [6.07, 6.45) is 1.75. The van der Waals surface area contributed by atoms with E-state index in [1.807, 2.05) is 6.07 Å². The Hall–Kier alpha value is -1.88. The van der Waals surface area contributed by atoms with Crippen LogP contribution in [0.4, 0.5) is 0 Å². The Kier molecular flexibility index (Phi) is 1.94. The quantitative estimate of drug-likeness (QED) is 0.656. The molecule has 1 N–H and O–H groups in total. The number of H-pyrrole nitrogens is 1. The Morgan fingerprint density at radius 1 is 1.25 bits per heavy atom. The minimum atomic E-state index is 0.371. The summed E-state index contributed by atoms with van der Waals surface area (Å²) in [7, 11) is 1.57. The fourth-order valence-electron chi connectivity index (χ4n) is 1.62. The molecule has 3 aromatic heterocycles. The molecule has 0 atom stereocenters. The van der Waals surface area contributed by atoms with Gasteiger partial charge in [0.15, 0.2) is 5.15 Å². The predicted molar refractivity (Wildman–Crippen MR) is 60.8 cm³/mol. The third kappa shape index (κ3) is 1.22. The Balaban J connectivity index is 2.50. The molecule has 0 spiro atoms. The second-order valence-electron chi connectivity index (χ2n) is 3.27. The topological polar surface area (TPSA) is 63.7 Å². The number of pyridine rings is 2. The van der Waals surface area contributed by atoms with Gasteiger partial charge in [-0.15, -0.1) is 0 Å². The van der Waals surface area contributed by atoms with Crippen molar-refractivity contribution in [3.8, 4) is 5.88 Å². The molecule has 0 aliphatic heterocycles. The van der Waals surface area contributed by atoms with E-state index in [0.29, 0.717) is 16.5 Å². The van der Waals surface area contributed by atoms with E-state index >= 15 is 0 Å². The number of ether oxygens (including phenoxy) is 1. The summed E-state index contributed by atoms with van der Waals surface area (Å²) in [5.74, 6) is 0.541. The average Bonchev–Trinajstić information content (AvgIpc) is 2.78. The molecule has 0 unspecified atom stereocenters. The summed E-state index contributed by atoms with van der Waals surface area (Å²) in [6.45, 7) is 0. The molecular formula is C10H7ClN4O. The summed E-state index contributed by atoms with van der Waals surface area (Å²) >= 11 is 6.00. The molecule has 0 bridgehead atoms. The van der Waals surface area contributed by atoms with Gasteiger partial charge < -0.3 is 4.74 Å². The van der Waals surface area contributed by atoms with Gasteiger partial charge in [0.2, 0.25) is 5.88 Å². The first kappa shape index (κ1) is 9.35. The number of hydrogen-bond donors (Lipinski definition) is 1. The predicted octanol–water partition coefficient (Wildman–Crippen LogP) is 2.17. The van der Waals surface area contributed by atoms with E-state index in [1.54, 1.807) is 19.4 Å². The Labute approximate surface area is 95.4 Å². The van der Waals surface area contributed by atoms with Crippen LogP contribution < -0.4 is 4.74 Å². The lowest BCUT2D eigenvalue weighted by Gasteiger charge is -2.02. The molecule has 3 aromatic rings. The molecule has 0 saturated heterocycles. The Morgan fingerprint density at radius 2 is 2.12 bits per heavy atom. The third-order valence-corrected chi connectivity index (χ3v) is 2.63. The Bertz CT molecular complexity index is 679. The summed E-state index contributed by atoms with van der Waals surface area (Å²) in [6, 6.07) is 3.57. The number of fused-ring (bicyclic) bond motifs is 3. The van der Waals surface area contributed by atoms with Gasteiger partial charge in [0.1, 0.15) is 11.0 Å². The van der Waals surface area contributed by atoms with Crippen molar-refractivity contribution in [2.24, 2.45) is 0 Å². The van der Waals surface area contributed by atoms with Crippen LogP contribution in [0.15, 0.2) is 18.3 Å². The highest BCUT2D eigenvalue weighted by atomic mass is 35.5. The van der Waals surface area contributed by atoms with E-state index < -0.39 is 0 Å². The molecule has 0 aliphatic rings. The SMILES string of the molecule is COc1ccc2nc(Cl)c3n[nH]cc3c2n1. The molecule has 3 rings (SSSR count). The highest BCUT2D eigenvalue weighted by molar-refractivity contribution is 6.35. The lowest BCUT2D eigenvalue weighted by molar-refractivity contribution is 0.399. The van der Waals surface area contributed by atoms with Crippen LogP contribution in [0.2, 0.25) is 5.15 Å². The number of methoxy groups -OCH3 is 1. The zero-order chi connectivity index (χ0) is 11.1. The first-order valence-corrected chi connectivity index (χ1v) is 5.01. The van der Waals surface area contributed by atoms with Crippen molar-refractivity contribution < 1.29 is 4.74 Å². The largest absolute Gasteiger partial charge is 0.481 e. The zero-order valence-electron chi connectivity index (χ0n) is 8.36. The number of hydrogen-bond acceptors (Lipinski definition) is 4. The van der Waals surface area contributed by atoms with E-state index in [-0.39, 0.29) is 0 Å². The fraction of sp³-hybridized carbons (Fsp3) is 0.100. The van der Waals surface area contributed by atoms with Crippen LogP contribution in [0.1, 0.15) is 0 Å². The third-order valence-electron chi connectivity index (χ3n) is 2.37. The molecule has 3 heterocycles. The van der Waals surface area contributed by atoms with Crippen molar-refractivity contribution in [3.63, 3.8) is 0 Å². The van der Waals surface area contributed by atoms with Crippen molar-refractivity contribution in [1.82, 2.24) is 20.2 Å². The van der Waals surface area contributed by atoms with Crippen LogP contribution in [0.5, 0.6) is 5.88 Å². The van der Waals surface area contributed by atoms with Gasteiger partial charge in [0.05, 0.1) is 18.0 Å². The molecule has 0 amide bonds. The summed E-state index contributed by atoms with van der Waals surface area (Å²) in [4.78, 5) is 8.55. The highest BCUT2D eigenvalue weighted by Crippen LogP contribution is 2.27. The number of halogens is 1.